The summed E-state index contributed by atoms with van der Waals surface area (Å²) in [5.74, 6) is 1.56. The number of hydrogen-bond acceptors (Lipinski definition) is 4. The summed E-state index contributed by atoms with van der Waals surface area (Å²) in [6.07, 6.45) is 1.18. The van der Waals surface area contributed by atoms with Crippen molar-refractivity contribution in [2.45, 2.75) is 26.8 Å². The maximum atomic E-state index is 5.31. The zero-order valence-electron chi connectivity index (χ0n) is 13.2. The molecular formula is C16H28N2O2. The Kier molecular flexibility index (Phi) is 8.07. The molecule has 20 heavy (non-hydrogen) atoms. The molecule has 1 N–H and O–H groups in total. The van der Waals surface area contributed by atoms with Crippen LogP contribution in [0, 0.1) is 0 Å². The van der Waals surface area contributed by atoms with Gasteiger partial charge in [0.25, 0.3) is 0 Å². The largest absolute Gasteiger partial charge is 0.493 e. The van der Waals surface area contributed by atoms with E-state index in [4.69, 9.17) is 9.47 Å². The highest BCUT2D eigenvalue weighted by atomic mass is 16.5. The molecule has 4 heteroatoms. The topological polar surface area (TPSA) is 33.7 Å². The second kappa shape index (κ2) is 9.61. The monoisotopic (exact) mass is 280 g/mol. The van der Waals surface area contributed by atoms with Gasteiger partial charge in [0.1, 0.15) is 0 Å². The highest BCUT2D eigenvalue weighted by Crippen LogP contribution is 2.27. The molecule has 0 radical (unpaired) electrons. The van der Waals surface area contributed by atoms with Gasteiger partial charge in [-0.2, -0.15) is 0 Å². The van der Waals surface area contributed by atoms with Crippen molar-refractivity contribution in [1.29, 1.82) is 0 Å². The van der Waals surface area contributed by atoms with Gasteiger partial charge < -0.3 is 19.7 Å². The van der Waals surface area contributed by atoms with Crippen molar-refractivity contribution in [3.63, 3.8) is 0 Å². The number of hydrogen-bond donors (Lipinski definition) is 1. The van der Waals surface area contributed by atoms with Crippen LogP contribution in [0.2, 0.25) is 0 Å². The third-order valence-electron chi connectivity index (χ3n) is 3.50. The Hall–Kier alpha value is -1.26. The number of ether oxygens (including phenoxy) is 2. The van der Waals surface area contributed by atoms with Gasteiger partial charge in [-0.1, -0.05) is 19.9 Å². The van der Waals surface area contributed by atoms with E-state index >= 15 is 0 Å². The average Bonchev–Trinajstić information content (AvgIpc) is 2.50. The van der Waals surface area contributed by atoms with Crippen LogP contribution >= 0.6 is 0 Å². The second-order valence-corrected chi connectivity index (χ2v) is 4.75. The molecule has 1 aromatic rings. The average molecular weight is 280 g/mol. The van der Waals surface area contributed by atoms with Gasteiger partial charge in [0.05, 0.1) is 14.2 Å². The van der Waals surface area contributed by atoms with Crippen LogP contribution in [-0.2, 0) is 6.54 Å². The number of rotatable bonds is 10. The van der Waals surface area contributed by atoms with E-state index in [-0.39, 0.29) is 0 Å². The molecule has 0 amide bonds. The zero-order valence-corrected chi connectivity index (χ0v) is 13.2. The number of nitrogens with zero attached hydrogens (tertiary/aromatic N) is 1. The van der Waals surface area contributed by atoms with E-state index < -0.39 is 0 Å². The van der Waals surface area contributed by atoms with Crippen LogP contribution in [0.25, 0.3) is 0 Å². The summed E-state index contributed by atoms with van der Waals surface area (Å²) >= 11 is 0. The normalized spacial score (nSPS) is 10.8. The zero-order chi connectivity index (χ0) is 14.8. The SMILES string of the molecule is CCN(CC)CCCNCc1ccc(OC)c(OC)c1. The fourth-order valence-corrected chi connectivity index (χ4v) is 2.19. The van der Waals surface area contributed by atoms with Crippen LogP contribution < -0.4 is 14.8 Å². The number of nitrogens with one attached hydrogen (secondary N) is 1. The van der Waals surface area contributed by atoms with Crippen molar-refractivity contribution in [3.8, 4) is 11.5 Å². The summed E-state index contributed by atoms with van der Waals surface area (Å²) in [6, 6.07) is 6.04. The molecule has 0 heterocycles. The molecule has 0 aliphatic rings. The first-order chi connectivity index (χ1) is 9.74. The predicted octanol–water partition coefficient (Wildman–Crippen LogP) is 2.53. The molecular weight excluding hydrogens is 252 g/mol. The van der Waals surface area contributed by atoms with E-state index in [1.165, 1.54) is 12.0 Å². The van der Waals surface area contributed by atoms with Gasteiger partial charge in [0, 0.05) is 6.54 Å². The lowest BCUT2D eigenvalue weighted by Crippen LogP contribution is -2.27. The highest BCUT2D eigenvalue weighted by Gasteiger charge is 2.04. The molecule has 4 nitrogen and oxygen atoms in total. The van der Waals surface area contributed by atoms with Crippen molar-refractivity contribution in [3.05, 3.63) is 23.8 Å². The van der Waals surface area contributed by atoms with Gasteiger partial charge in [0.15, 0.2) is 11.5 Å². The molecule has 0 aromatic heterocycles. The molecule has 0 bridgehead atoms. The Morgan fingerprint density at radius 3 is 2.35 bits per heavy atom. The minimum absolute atomic E-state index is 0.776. The van der Waals surface area contributed by atoms with Crippen LogP contribution in [0.4, 0.5) is 0 Å². The molecule has 0 spiro atoms. The van der Waals surface area contributed by atoms with Crippen molar-refractivity contribution >= 4 is 0 Å². The van der Waals surface area contributed by atoms with E-state index in [1.54, 1.807) is 14.2 Å². The Morgan fingerprint density at radius 2 is 1.75 bits per heavy atom. The van der Waals surface area contributed by atoms with E-state index in [0.717, 1.165) is 44.2 Å². The Bertz CT molecular complexity index is 379. The molecule has 0 atom stereocenters. The van der Waals surface area contributed by atoms with Crippen molar-refractivity contribution in [2.75, 3.05) is 40.4 Å². The molecule has 0 saturated carbocycles. The van der Waals surface area contributed by atoms with Gasteiger partial charge in [0.2, 0.25) is 0 Å². The van der Waals surface area contributed by atoms with Gasteiger partial charge in [-0.3, -0.25) is 0 Å². The second-order valence-electron chi connectivity index (χ2n) is 4.75. The van der Waals surface area contributed by atoms with Gasteiger partial charge in [-0.25, -0.2) is 0 Å². The maximum Gasteiger partial charge on any atom is 0.161 e. The highest BCUT2D eigenvalue weighted by molar-refractivity contribution is 5.42. The van der Waals surface area contributed by atoms with E-state index in [2.05, 4.69) is 30.1 Å². The van der Waals surface area contributed by atoms with E-state index in [9.17, 15) is 0 Å². The standard InChI is InChI=1S/C16H28N2O2/c1-5-18(6-2)11-7-10-17-13-14-8-9-15(19-3)16(12-14)20-4/h8-9,12,17H,5-7,10-11,13H2,1-4H3. The molecule has 0 saturated heterocycles. The minimum atomic E-state index is 0.776. The molecule has 0 aliphatic carbocycles. The van der Waals surface area contributed by atoms with E-state index in [1.807, 2.05) is 12.1 Å². The predicted molar refractivity (Wildman–Crippen MR) is 83.7 cm³/mol. The third kappa shape index (κ3) is 5.39. The molecule has 0 unspecified atom stereocenters. The number of methoxy groups -OCH3 is 2. The lowest BCUT2D eigenvalue weighted by Gasteiger charge is -2.17. The van der Waals surface area contributed by atoms with Crippen LogP contribution in [0.3, 0.4) is 0 Å². The smallest absolute Gasteiger partial charge is 0.161 e. The fraction of sp³-hybridized carbons (Fsp3) is 0.625. The van der Waals surface area contributed by atoms with Crippen molar-refractivity contribution in [1.82, 2.24) is 10.2 Å². The van der Waals surface area contributed by atoms with Gasteiger partial charge in [-0.15, -0.1) is 0 Å². The minimum Gasteiger partial charge on any atom is -0.493 e. The first-order valence-corrected chi connectivity index (χ1v) is 7.39. The van der Waals surface area contributed by atoms with Gasteiger partial charge >= 0.3 is 0 Å². The number of benzene rings is 1. The molecule has 1 aromatic carbocycles. The lowest BCUT2D eigenvalue weighted by atomic mass is 10.2. The summed E-state index contributed by atoms with van der Waals surface area (Å²) in [5, 5.41) is 3.47. The Labute approximate surface area is 123 Å². The summed E-state index contributed by atoms with van der Waals surface area (Å²) in [7, 11) is 3.32. The van der Waals surface area contributed by atoms with Crippen molar-refractivity contribution in [2.24, 2.45) is 0 Å². The Morgan fingerprint density at radius 1 is 1.05 bits per heavy atom. The summed E-state index contributed by atoms with van der Waals surface area (Å²) in [5.41, 5.74) is 1.21. The van der Waals surface area contributed by atoms with E-state index in [0.29, 0.717) is 0 Å². The van der Waals surface area contributed by atoms with Crippen molar-refractivity contribution < 1.29 is 9.47 Å². The van der Waals surface area contributed by atoms with Crippen LogP contribution in [-0.4, -0.2) is 45.3 Å². The molecule has 0 aliphatic heterocycles. The first-order valence-electron chi connectivity index (χ1n) is 7.39. The summed E-state index contributed by atoms with van der Waals surface area (Å²) < 4.78 is 10.5. The first kappa shape index (κ1) is 16.8. The summed E-state index contributed by atoms with van der Waals surface area (Å²) in [4.78, 5) is 2.44. The van der Waals surface area contributed by atoms with Crippen LogP contribution in [0.15, 0.2) is 18.2 Å². The molecule has 0 fully saturated rings. The third-order valence-corrected chi connectivity index (χ3v) is 3.50. The summed E-state index contributed by atoms with van der Waals surface area (Å²) in [6.45, 7) is 9.73. The Balaban J connectivity index is 2.32. The lowest BCUT2D eigenvalue weighted by molar-refractivity contribution is 0.298. The fourth-order valence-electron chi connectivity index (χ4n) is 2.19. The maximum absolute atomic E-state index is 5.31. The van der Waals surface area contributed by atoms with Gasteiger partial charge in [-0.05, 0) is 50.3 Å². The van der Waals surface area contributed by atoms with Crippen LogP contribution in [0.1, 0.15) is 25.8 Å². The molecule has 1 rings (SSSR count). The quantitative estimate of drug-likeness (QED) is 0.668. The van der Waals surface area contributed by atoms with Crippen LogP contribution in [0.5, 0.6) is 11.5 Å². The molecule has 114 valence electrons.